The quantitative estimate of drug-likeness (QED) is 0.753. The molecule has 2 unspecified atom stereocenters. The third kappa shape index (κ3) is 2.91. The molecule has 1 rings (SSSR count). The molecule has 1 aromatic carbocycles. The fourth-order valence-corrected chi connectivity index (χ4v) is 2.54. The number of hydrogen-bond donors (Lipinski definition) is 0. The van der Waals surface area contributed by atoms with E-state index >= 15 is 0 Å². The van der Waals surface area contributed by atoms with Crippen molar-refractivity contribution >= 4 is 10.8 Å². The van der Waals surface area contributed by atoms with E-state index in [1.165, 1.54) is 6.07 Å². The van der Waals surface area contributed by atoms with Gasteiger partial charge < -0.3 is 0 Å². The van der Waals surface area contributed by atoms with Gasteiger partial charge in [0.2, 0.25) is 0 Å². The first-order valence-electron chi connectivity index (χ1n) is 4.78. The minimum Gasteiger partial charge on any atom is -0.254 e. The second-order valence-electron chi connectivity index (χ2n) is 3.46. The van der Waals surface area contributed by atoms with Crippen LogP contribution in [0.2, 0.25) is 0 Å². The summed E-state index contributed by atoms with van der Waals surface area (Å²) in [7, 11) is -1.20. The predicted octanol–water partition coefficient (Wildman–Crippen LogP) is 2.98. The molecule has 0 spiro atoms. The van der Waals surface area contributed by atoms with Crippen molar-refractivity contribution in [3.05, 3.63) is 30.1 Å². The highest BCUT2D eigenvalue weighted by molar-refractivity contribution is 7.85. The minimum atomic E-state index is -1.20. The van der Waals surface area contributed by atoms with Gasteiger partial charge in [-0.15, -0.1) is 0 Å². The Bertz CT molecular complexity index is 325. The van der Waals surface area contributed by atoms with E-state index in [-0.39, 0.29) is 5.82 Å². The molecule has 78 valence electrons. The molecule has 3 heteroatoms. The molecule has 0 aliphatic heterocycles. The predicted molar refractivity (Wildman–Crippen MR) is 57.1 cm³/mol. The van der Waals surface area contributed by atoms with E-state index < -0.39 is 10.8 Å². The molecule has 0 saturated carbocycles. The molecule has 0 saturated heterocycles. The van der Waals surface area contributed by atoms with Gasteiger partial charge in [-0.25, -0.2) is 4.39 Å². The maximum absolute atomic E-state index is 13.2. The Morgan fingerprint density at radius 2 is 2.07 bits per heavy atom. The Labute approximate surface area is 86.8 Å². The molecule has 14 heavy (non-hydrogen) atoms. The average Bonchev–Trinajstić information content (AvgIpc) is 2.18. The Morgan fingerprint density at radius 3 is 2.64 bits per heavy atom. The first kappa shape index (κ1) is 11.4. The SMILES string of the molecule is CCC(C)CS(=O)c1ccccc1F. The zero-order valence-corrected chi connectivity index (χ0v) is 9.31. The molecule has 0 bridgehead atoms. The van der Waals surface area contributed by atoms with Crippen LogP contribution in [-0.2, 0) is 10.8 Å². The molecule has 2 atom stereocenters. The molecule has 1 aromatic rings. The average molecular weight is 214 g/mol. The third-order valence-corrected chi connectivity index (χ3v) is 3.91. The van der Waals surface area contributed by atoms with Gasteiger partial charge >= 0.3 is 0 Å². The van der Waals surface area contributed by atoms with Gasteiger partial charge in [0, 0.05) is 5.75 Å². The second kappa shape index (κ2) is 5.25. The van der Waals surface area contributed by atoms with E-state index in [0.717, 1.165) is 6.42 Å². The molecule has 1 nitrogen and oxygen atoms in total. The lowest BCUT2D eigenvalue weighted by atomic mass is 10.2. The van der Waals surface area contributed by atoms with E-state index in [1.807, 2.05) is 13.8 Å². The van der Waals surface area contributed by atoms with E-state index in [0.29, 0.717) is 16.6 Å². The topological polar surface area (TPSA) is 17.1 Å². The maximum atomic E-state index is 13.2. The number of halogens is 1. The highest BCUT2D eigenvalue weighted by atomic mass is 32.2. The van der Waals surface area contributed by atoms with Crippen LogP contribution in [0.3, 0.4) is 0 Å². The minimum absolute atomic E-state index is 0.327. The van der Waals surface area contributed by atoms with E-state index in [9.17, 15) is 8.60 Å². The van der Waals surface area contributed by atoms with Gasteiger partial charge in [-0.05, 0) is 18.1 Å². The molecular formula is C11H15FOS. The van der Waals surface area contributed by atoms with Gasteiger partial charge in [-0.1, -0.05) is 32.4 Å². The van der Waals surface area contributed by atoms with Crippen LogP contribution < -0.4 is 0 Å². The Hall–Kier alpha value is -0.700. The van der Waals surface area contributed by atoms with Crippen LogP contribution in [0.5, 0.6) is 0 Å². The highest BCUT2D eigenvalue weighted by Gasteiger charge is 2.11. The van der Waals surface area contributed by atoms with Crippen LogP contribution in [0.15, 0.2) is 29.2 Å². The van der Waals surface area contributed by atoms with Crippen molar-refractivity contribution in [3.8, 4) is 0 Å². The first-order chi connectivity index (χ1) is 6.65. The van der Waals surface area contributed by atoms with Crippen LogP contribution in [-0.4, -0.2) is 9.96 Å². The van der Waals surface area contributed by atoms with Crippen molar-refractivity contribution in [2.24, 2.45) is 5.92 Å². The van der Waals surface area contributed by atoms with Gasteiger partial charge in [-0.3, -0.25) is 4.21 Å². The largest absolute Gasteiger partial charge is 0.254 e. The fourth-order valence-electron chi connectivity index (χ4n) is 1.10. The molecule has 0 amide bonds. The molecular weight excluding hydrogens is 199 g/mol. The lowest BCUT2D eigenvalue weighted by Gasteiger charge is -2.08. The summed E-state index contributed by atoms with van der Waals surface area (Å²) in [6.45, 7) is 4.07. The molecule has 0 aliphatic rings. The van der Waals surface area contributed by atoms with Gasteiger partial charge in [0.15, 0.2) is 0 Å². The van der Waals surface area contributed by atoms with E-state index in [4.69, 9.17) is 0 Å². The standard InChI is InChI=1S/C11H15FOS/c1-3-9(2)8-14(13)11-7-5-4-6-10(11)12/h4-7,9H,3,8H2,1-2H3. The fraction of sp³-hybridized carbons (Fsp3) is 0.455. The molecule has 0 aliphatic carbocycles. The van der Waals surface area contributed by atoms with Crippen molar-refractivity contribution in [3.63, 3.8) is 0 Å². The summed E-state index contributed by atoms with van der Waals surface area (Å²) < 4.78 is 24.9. The molecule has 0 aromatic heterocycles. The molecule has 0 heterocycles. The second-order valence-corrected chi connectivity index (χ2v) is 4.92. The molecule has 0 fully saturated rings. The van der Waals surface area contributed by atoms with Crippen LogP contribution in [0.25, 0.3) is 0 Å². The first-order valence-corrected chi connectivity index (χ1v) is 6.10. The van der Waals surface area contributed by atoms with Crippen molar-refractivity contribution in [1.82, 2.24) is 0 Å². The van der Waals surface area contributed by atoms with Gasteiger partial charge in [-0.2, -0.15) is 0 Å². The Morgan fingerprint density at radius 1 is 1.43 bits per heavy atom. The smallest absolute Gasteiger partial charge is 0.139 e. The van der Waals surface area contributed by atoms with Crippen LogP contribution in [0, 0.1) is 11.7 Å². The van der Waals surface area contributed by atoms with Crippen molar-refractivity contribution in [2.45, 2.75) is 25.2 Å². The summed E-state index contributed by atoms with van der Waals surface area (Å²) in [4.78, 5) is 0.327. The van der Waals surface area contributed by atoms with Crippen LogP contribution >= 0.6 is 0 Å². The number of rotatable bonds is 4. The van der Waals surface area contributed by atoms with Gasteiger partial charge in [0.25, 0.3) is 0 Å². The lowest BCUT2D eigenvalue weighted by molar-refractivity contribution is 0.587. The van der Waals surface area contributed by atoms with E-state index in [2.05, 4.69) is 0 Å². The van der Waals surface area contributed by atoms with Crippen LogP contribution in [0.1, 0.15) is 20.3 Å². The Balaban J connectivity index is 2.75. The lowest BCUT2D eigenvalue weighted by Crippen LogP contribution is -2.08. The van der Waals surface area contributed by atoms with Gasteiger partial charge in [0.1, 0.15) is 5.82 Å². The van der Waals surface area contributed by atoms with E-state index in [1.54, 1.807) is 18.2 Å². The summed E-state index contributed by atoms with van der Waals surface area (Å²) in [5.41, 5.74) is 0. The zero-order valence-electron chi connectivity index (χ0n) is 8.50. The molecule has 0 radical (unpaired) electrons. The highest BCUT2D eigenvalue weighted by Crippen LogP contribution is 2.14. The third-order valence-electron chi connectivity index (χ3n) is 2.21. The van der Waals surface area contributed by atoms with Crippen LogP contribution in [0.4, 0.5) is 4.39 Å². The number of hydrogen-bond acceptors (Lipinski definition) is 1. The maximum Gasteiger partial charge on any atom is 0.139 e. The van der Waals surface area contributed by atoms with Gasteiger partial charge in [0.05, 0.1) is 15.7 Å². The van der Waals surface area contributed by atoms with Crippen molar-refractivity contribution in [2.75, 3.05) is 5.75 Å². The monoisotopic (exact) mass is 214 g/mol. The summed E-state index contributed by atoms with van der Waals surface area (Å²) in [6, 6.07) is 6.27. The zero-order chi connectivity index (χ0) is 10.6. The normalized spacial score (nSPS) is 15.1. The van der Waals surface area contributed by atoms with Crippen molar-refractivity contribution < 1.29 is 8.60 Å². The molecule has 0 N–H and O–H groups in total. The summed E-state index contributed by atoms with van der Waals surface area (Å²) in [5.74, 6) is 0.543. The number of benzene rings is 1. The van der Waals surface area contributed by atoms with Crippen molar-refractivity contribution in [1.29, 1.82) is 0 Å². The Kier molecular flexibility index (Phi) is 4.26. The summed E-state index contributed by atoms with van der Waals surface area (Å²) in [6.07, 6.45) is 0.972. The summed E-state index contributed by atoms with van der Waals surface area (Å²) >= 11 is 0. The summed E-state index contributed by atoms with van der Waals surface area (Å²) in [5, 5.41) is 0.